The van der Waals surface area contributed by atoms with Gasteiger partial charge in [0.1, 0.15) is 0 Å². The van der Waals surface area contributed by atoms with Gasteiger partial charge in [0.2, 0.25) is 0 Å². The standard InChI is InChI=1S/C28H30F2IN2OPS/c1-36-25-13-11-20(12-14-25)27(18-19-7-3-2-4-8-19,33-26(34)32-23-9-5-6-10-23)21-15-22(28(29,30)31)17-24(35)16-21/h2-4,7-8,11-17,23H,5-6,9-10,18,35H2,1H3,(H2,32,33,34). The fraction of sp³-hybridized carbons (Fsp3) is 0.321. The molecular weight excluding hydrogens is 608 g/mol. The quantitative estimate of drug-likeness (QED) is 0.120. The molecule has 0 radical (unpaired) electrons. The Morgan fingerprint density at radius 2 is 1.64 bits per heavy atom. The van der Waals surface area contributed by atoms with Crippen LogP contribution in [0.3, 0.4) is 0 Å². The van der Waals surface area contributed by atoms with Crippen LogP contribution in [-0.4, -0.2) is 18.3 Å². The molecule has 0 spiro atoms. The van der Waals surface area contributed by atoms with Gasteiger partial charge in [-0.25, -0.2) is 4.79 Å². The van der Waals surface area contributed by atoms with Gasteiger partial charge < -0.3 is 10.6 Å². The molecule has 3 nitrogen and oxygen atoms in total. The molecular formula is C28H30F2IN2OPS. The van der Waals surface area contributed by atoms with Gasteiger partial charge in [-0.1, -0.05) is 55.3 Å². The average molecular weight is 639 g/mol. The Kier molecular flexibility index (Phi) is 8.95. The normalized spacial score (nSPS) is 15.9. The Labute approximate surface area is 231 Å². The third-order valence-electron chi connectivity index (χ3n) is 6.69. The van der Waals surface area contributed by atoms with E-state index in [1.165, 1.54) is 12.1 Å². The topological polar surface area (TPSA) is 41.1 Å². The summed E-state index contributed by atoms with van der Waals surface area (Å²) in [6, 6.07) is 22.6. The minimum absolute atomic E-state index is 0.0956. The van der Waals surface area contributed by atoms with Gasteiger partial charge in [0.25, 0.3) is 0 Å². The van der Waals surface area contributed by atoms with E-state index in [0.29, 0.717) is 17.3 Å². The predicted octanol–water partition coefficient (Wildman–Crippen LogP) is 7.12. The second-order valence-electron chi connectivity index (χ2n) is 9.22. The number of urea groups is 1. The summed E-state index contributed by atoms with van der Waals surface area (Å²) in [5.41, 5.74) is 1.28. The highest BCUT2D eigenvalue weighted by Gasteiger charge is 2.39. The van der Waals surface area contributed by atoms with Gasteiger partial charge in [-0.05, 0) is 71.4 Å². The summed E-state index contributed by atoms with van der Waals surface area (Å²) in [5, 5.41) is 7.04. The second-order valence-corrected chi connectivity index (χ2v) is 12.1. The number of carbonyl (C=O) groups is 1. The Bertz CT molecular complexity index is 1180. The summed E-state index contributed by atoms with van der Waals surface area (Å²) in [7, 11) is 2.54. The SMILES string of the molecule is CSc1ccc(C(Cc2ccccc2)(NC(=O)NC2CCCC2)c2cc(P)cc(C(F)(F)I)c2)cc1. The Morgan fingerprint density at radius 3 is 2.25 bits per heavy atom. The molecule has 1 aliphatic carbocycles. The number of hydrogen-bond acceptors (Lipinski definition) is 2. The molecule has 2 unspecified atom stereocenters. The lowest BCUT2D eigenvalue weighted by Gasteiger charge is -2.37. The summed E-state index contributed by atoms with van der Waals surface area (Å²) in [4.78, 5) is 14.5. The maximum Gasteiger partial charge on any atom is 0.321 e. The van der Waals surface area contributed by atoms with Crippen LogP contribution in [0.5, 0.6) is 0 Å². The Morgan fingerprint density at radius 1 is 1.00 bits per heavy atom. The summed E-state index contributed by atoms with van der Waals surface area (Å²) < 4.78 is 26.0. The maximum absolute atomic E-state index is 14.5. The van der Waals surface area contributed by atoms with Crippen molar-refractivity contribution in [2.45, 2.75) is 52.5 Å². The lowest BCUT2D eigenvalue weighted by Crippen LogP contribution is -2.54. The molecule has 3 aromatic carbocycles. The van der Waals surface area contributed by atoms with Crippen LogP contribution in [0.2, 0.25) is 0 Å². The summed E-state index contributed by atoms with van der Waals surface area (Å²) in [6.45, 7) is 0. The third-order valence-corrected chi connectivity index (χ3v) is 8.39. The van der Waals surface area contributed by atoms with E-state index in [9.17, 15) is 13.6 Å². The highest BCUT2D eigenvalue weighted by atomic mass is 127. The molecule has 3 aromatic rings. The number of thioether (sulfide) groups is 1. The van der Waals surface area contributed by atoms with E-state index in [1.807, 2.05) is 66.9 Å². The average Bonchev–Trinajstić information content (AvgIpc) is 3.36. The largest absolute Gasteiger partial charge is 0.335 e. The molecule has 36 heavy (non-hydrogen) atoms. The highest BCUT2D eigenvalue weighted by molar-refractivity contribution is 14.1. The van der Waals surface area contributed by atoms with Crippen molar-refractivity contribution < 1.29 is 13.6 Å². The lowest BCUT2D eigenvalue weighted by molar-refractivity contribution is 0.127. The van der Waals surface area contributed by atoms with Gasteiger partial charge in [0.15, 0.2) is 0 Å². The minimum Gasteiger partial charge on any atom is -0.335 e. The first-order chi connectivity index (χ1) is 17.2. The van der Waals surface area contributed by atoms with Crippen LogP contribution in [0, 0.1) is 0 Å². The maximum atomic E-state index is 14.5. The van der Waals surface area contributed by atoms with Crippen molar-refractivity contribution in [3.8, 4) is 0 Å². The lowest BCUT2D eigenvalue weighted by atomic mass is 9.77. The first kappa shape index (κ1) is 27.3. The van der Waals surface area contributed by atoms with E-state index in [2.05, 4.69) is 19.9 Å². The van der Waals surface area contributed by atoms with Crippen molar-refractivity contribution in [3.63, 3.8) is 0 Å². The molecule has 190 valence electrons. The van der Waals surface area contributed by atoms with Crippen molar-refractivity contribution in [2.75, 3.05) is 6.26 Å². The van der Waals surface area contributed by atoms with Crippen LogP contribution in [0.25, 0.3) is 0 Å². The van der Waals surface area contributed by atoms with Gasteiger partial charge in [0.05, 0.1) is 5.54 Å². The summed E-state index contributed by atoms with van der Waals surface area (Å²) in [6.07, 6.45) is 6.51. The van der Waals surface area contributed by atoms with E-state index < -0.39 is 9.47 Å². The molecule has 0 bridgehead atoms. The molecule has 0 aliphatic heterocycles. The number of nitrogens with one attached hydrogen (secondary N) is 2. The molecule has 4 rings (SSSR count). The molecule has 0 saturated heterocycles. The summed E-state index contributed by atoms with van der Waals surface area (Å²) >= 11 is 2.79. The van der Waals surface area contributed by atoms with Crippen LogP contribution in [0.15, 0.2) is 77.7 Å². The molecule has 1 fully saturated rings. The first-order valence-corrected chi connectivity index (χ1v) is 14.8. The molecule has 8 heteroatoms. The van der Waals surface area contributed by atoms with Gasteiger partial charge >= 0.3 is 9.96 Å². The van der Waals surface area contributed by atoms with Crippen molar-refractivity contribution in [1.82, 2.24) is 10.6 Å². The number of benzene rings is 3. The number of amides is 2. The number of carbonyl (C=O) groups excluding carboxylic acids is 1. The van der Waals surface area contributed by atoms with E-state index in [-0.39, 0.29) is 17.6 Å². The number of hydrogen-bond donors (Lipinski definition) is 2. The number of rotatable bonds is 8. The van der Waals surface area contributed by atoms with Crippen molar-refractivity contribution >= 4 is 54.9 Å². The van der Waals surface area contributed by atoms with E-state index in [1.54, 1.807) is 11.8 Å². The van der Waals surface area contributed by atoms with E-state index in [0.717, 1.165) is 64.3 Å². The molecule has 0 aromatic heterocycles. The number of halogens is 3. The molecule has 2 N–H and O–H groups in total. The zero-order valence-electron chi connectivity index (χ0n) is 20.1. The fourth-order valence-corrected chi connectivity index (χ4v) is 5.96. The zero-order chi connectivity index (χ0) is 25.8. The Balaban J connectivity index is 1.89. The molecule has 1 aliphatic rings. The zero-order valence-corrected chi connectivity index (χ0v) is 24.2. The van der Waals surface area contributed by atoms with Crippen LogP contribution in [0.1, 0.15) is 47.9 Å². The monoisotopic (exact) mass is 638 g/mol. The fourth-order valence-electron chi connectivity index (χ4n) is 4.88. The van der Waals surface area contributed by atoms with Gasteiger partial charge in [-0.3, -0.25) is 0 Å². The predicted molar refractivity (Wildman–Crippen MR) is 157 cm³/mol. The summed E-state index contributed by atoms with van der Waals surface area (Å²) in [5.74, 6) is 0. The van der Waals surface area contributed by atoms with Gasteiger partial charge in [-0.2, -0.15) is 8.78 Å². The third kappa shape index (κ3) is 6.59. The van der Waals surface area contributed by atoms with Crippen molar-refractivity contribution in [1.29, 1.82) is 0 Å². The van der Waals surface area contributed by atoms with Crippen LogP contribution in [-0.2, 0) is 15.9 Å². The highest BCUT2D eigenvalue weighted by Crippen LogP contribution is 2.40. The van der Waals surface area contributed by atoms with Gasteiger partial charge in [0, 0.05) is 45.5 Å². The van der Waals surface area contributed by atoms with E-state index in [4.69, 9.17) is 0 Å². The van der Waals surface area contributed by atoms with E-state index >= 15 is 0 Å². The smallest absolute Gasteiger partial charge is 0.321 e. The van der Waals surface area contributed by atoms with Crippen LogP contribution >= 0.6 is 43.6 Å². The Hall–Kier alpha value is -1.70. The molecule has 0 heterocycles. The van der Waals surface area contributed by atoms with Crippen molar-refractivity contribution in [3.05, 3.63) is 95.1 Å². The molecule has 2 amide bonds. The first-order valence-electron chi connectivity index (χ1n) is 11.9. The second kappa shape index (κ2) is 11.8. The van der Waals surface area contributed by atoms with Crippen molar-refractivity contribution in [2.24, 2.45) is 0 Å². The van der Waals surface area contributed by atoms with Gasteiger partial charge in [-0.15, -0.1) is 21.0 Å². The van der Waals surface area contributed by atoms with Crippen LogP contribution in [0.4, 0.5) is 13.6 Å². The number of alkyl halides is 3. The van der Waals surface area contributed by atoms with Crippen LogP contribution < -0.4 is 15.9 Å². The minimum atomic E-state index is -3.05. The molecule has 2 atom stereocenters. The molecule has 1 saturated carbocycles.